The highest BCUT2D eigenvalue weighted by Gasteiger charge is 2.10. The lowest BCUT2D eigenvalue weighted by atomic mass is 9.98. The molecule has 39 heavy (non-hydrogen) atoms. The van der Waals surface area contributed by atoms with Gasteiger partial charge < -0.3 is 0 Å². The fourth-order valence-electron chi connectivity index (χ4n) is 6.08. The van der Waals surface area contributed by atoms with Crippen molar-refractivity contribution in [3.05, 3.63) is 29.6 Å². The number of rotatable bonds is 30. The number of hydrogen-bond donors (Lipinski definition) is 0. The number of aryl methyl sites for hydroxylation is 3. The summed E-state index contributed by atoms with van der Waals surface area (Å²) < 4.78 is 2.51. The number of hydrogen-bond acceptors (Lipinski definition) is 0. The summed E-state index contributed by atoms with van der Waals surface area (Å²) in [4.78, 5) is 0. The largest absolute Gasteiger partial charge is 0.205 e. The van der Waals surface area contributed by atoms with Crippen LogP contribution in [0.5, 0.6) is 0 Å². The molecule has 0 aliphatic carbocycles. The van der Waals surface area contributed by atoms with Gasteiger partial charge in [-0.1, -0.05) is 168 Å². The van der Waals surface area contributed by atoms with Crippen LogP contribution in [0.4, 0.5) is 0 Å². The molecule has 0 aliphatic heterocycles. The van der Waals surface area contributed by atoms with Crippen LogP contribution in [0, 0.1) is 0 Å². The van der Waals surface area contributed by atoms with Gasteiger partial charge in [-0.25, -0.2) is 4.57 Å². The first-order valence-corrected chi connectivity index (χ1v) is 18.3. The Morgan fingerprint density at radius 2 is 0.718 bits per heavy atom. The molecule has 228 valence electrons. The van der Waals surface area contributed by atoms with Crippen molar-refractivity contribution in [2.45, 2.75) is 214 Å². The molecule has 0 saturated carbocycles. The van der Waals surface area contributed by atoms with Crippen LogP contribution in [0.15, 0.2) is 18.5 Å². The summed E-state index contributed by atoms with van der Waals surface area (Å²) in [7, 11) is 0. The first-order chi connectivity index (χ1) is 19.3. The average molecular weight is 543 g/mol. The molecule has 1 heterocycles. The van der Waals surface area contributed by atoms with Gasteiger partial charge in [0.15, 0.2) is 12.4 Å². The predicted molar refractivity (Wildman–Crippen MR) is 176 cm³/mol. The normalized spacial score (nSPS) is 11.5. The third kappa shape index (κ3) is 22.5. The third-order valence-electron chi connectivity index (χ3n) is 8.82. The Morgan fingerprint density at radius 3 is 1.13 bits per heavy atom. The van der Waals surface area contributed by atoms with E-state index in [1.54, 1.807) is 11.1 Å². The van der Waals surface area contributed by atoms with Crippen LogP contribution in [0.2, 0.25) is 0 Å². The molecule has 0 N–H and O–H groups in total. The molecule has 0 aromatic carbocycles. The Hall–Kier alpha value is -0.850. The topological polar surface area (TPSA) is 3.88 Å². The highest BCUT2D eigenvalue weighted by atomic mass is 14.9. The molecule has 1 rings (SSSR count). The Labute approximate surface area is 247 Å². The molecule has 0 unspecified atom stereocenters. The summed E-state index contributed by atoms with van der Waals surface area (Å²) in [6.07, 6.45) is 45.9. The minimum absolute atomic E-state index is 1.21. The van der Waals surface area contributed by atoms with Crippen LogP contribution < -0.4 is 4.57 Å². The van der Waals surface area contributed by atoms with Gasteiger partial charge in [0.1, 0.15) is 6.54 Å². The van der Waals surface area contributed by atoms with Crippen molar-refractivity contribution in [1.82, 2.24) is 0 Å². The van der Waals surface area contributed by atoms with Crippen molar-refractivity contribution >= 4 is 0 Å². The molecule has 0 aliphatic rings. The SMILES string of the molecule is CCCCCCCCCCCCCCCCC[n+]1ccc(CCCCCCCC)c(CCCCCCCC)c1. The van der Waals surface area contributed by atoms with Gasteiger partial charge in [0.05, 0.1) is 0 Å². The van der Waals surface area contributed by atoms with Gasteiger partial charge >= 0.3 is 0 Å². The lowest BCUT2D eigenvalue weighted by molar-refractivity contribution is -0.697. The van der Waals surface area contributed by atoms with Gasteiger partial charge in [-0.2, -0.15) is 0 Å². The van der Waals surface area contributed by atoms with Crippen LogP contribution in [-0.2, 0) is 19.4 Å². The van der Waals surface area contributed by atoms with Crippen molar-refractivity contribution in [1.29, 1.82) is 0 Å². The Bertz CT molecular complexity index is 621. The van der Waals surface area contributed by atoms with E-state index in [9.17, 15) is 0 Å². The molecular formula is C38H72N+. The van der Waals surface area contributed by atoms with Crippen LogP contribution in [0.3, 0.4) is 0 Å². The Kier molecular flexibility index (Phi) is 26.6. The summed E-state index contributed by atoms with van der Waals surface area (Å²) in [6, 6.07) is 2.48. The molecule has 1 aromatic rings. The highest BCUT2D eigenvalue weighted by Crippen LogP contribution is 2.17. The van der Waals surface area contributed by atoms with Gasteiger partial charge in [0.25, 0.3) is 0 Å². The summed E-state index contributed by atoms with van der Waals surface area (Å²) in [6.45, 7) is 8.14. The molecule has 0 radical (unpaired) electrons. The standard InChI is InChI=1S/C38H72N/c1-4-7-10-13-16-17-18-19-20-21-22-23-24-27-30-34-39-35-33-37(31-28-25-14-11-8-5-2)38(36-39)32-29-26-15-12-9-6-3/h33,35-36H,4-32,34H2,1-3H3/q+1. The van der Waals surface area contributed by atoms with E-state index in [1.807, 2.05) is 0 Å². The number of aromatic nitrogens is 1. The third-order valence-corrected chi connectivity index (χ3v) is 8.82. The van der Waals surface area contributed by atoms with Crippen LogP contribution in [-0.4, -0.2) is 0 Å². The summed E-state index contributed by atoms with van der Waals surface area (Å²) in [5.41, 5.74) is 3.30. The number of pyridine rings is 1. The van der Waals surface area contributed by atoms with Crippen LogP contribution in [0.25, 0.3) is 0 Å². The molecule has 1 aromatic heterocycles. The zero-order chi connectivity index (χ0) is 28.1. The van der Waals surface area contributed by atoms with E-state index < -0.39 is 0 Å². The summed E-state index contributed by atoms with van der Waals surface area (Å²) >= 11 is 0. The molecular weight excluding hydrogens is 470 g/mol. The average Bonchev–Trinajstić information content (AvgIpc) is 2.95. The second kappa shape index (κ2) is 28.7. The fourth-order valence-corrected chi connectivity index (χ4v) is 6.08. The Morgan fingerprint density at radius 1 is 0.385 bits per heavy atom. The number of unbranched alkanes of at least 4 members (excludes halogenated alkanes) is 24. The first kappa shape index (κ1) is 36.2. The molecule has 0 spiro atoms. The fraction of sp³-hybridized carbons (Fsp3) is 0.868. The minimum Gasteiger partial charge on any atom is -0.205 e. The molecule has 0 fully saturated rings. The van der Waals surface area contributed by atoms with Gasteiger partial charge in [0, 0.05) is 18.1 Å². The smallest absolute Gasteiger partial charge is 0.172 e. The second-order valence-corrected chi connectivity index (χ2v) is 12.7. The molecule has 0 amide bonds. The zero-order valence-corrected chi connectivity index (χ0v) is 27.4. The van der Waals surface area contributed by atoms with Crippen molar-refractivity contribution < 1.29 is 4.57 Å². The first-order valence-electron chi connectivity index (χ1n) is 18.3. The molecule has 0 saturated heterocycles. The number of nitrogens with zero attached hydrogens (tertiary/aromatic N) is 1. The minimum atomic E-state index is 1.21. The van der Waals surface area contributed by atoms with Crippen molar-refractivity contribution in [3.63, 3.8) is 0 Å². The van der Waals surface area contributed by atoms with Gasteiger partial charge in [-0.3, -0.25) is 0 Å². The van der Waals surface area contributed by atoms with Crippen molar-refractivity contribution in [2.75, 3.05) is 0 Å². The quantitative estimate of drug-likeness (QED) is 0.0672. The molecule has 0 atom stereocenters. The highest BCUT2D eigenvalue weighted by molar-refractivity contribution is 5.21. The van der Waals surface area contributed by atoms with E-state index in [0.717, 1.165) is 0 Å². The lowest BCUT2D eigenvalue weighted by Crippen LogP contribution is -2.34. The van der Waals surface area contributed by atoms with Crippen molar-refractivity contribution in [2.24, 2.45) is 0 Å². The second-order valence-electron chi connectivity index (χ2n) is 12.7. The maximum Gasteiger partial charge on any atom is 0.172 e. The van der Waals surface area contributed by atoms with Gasteiger partial charge in [-0.15, -0.1) is 0 Å². The van der Waals surface area contributed by atoms with Crippen LogP contribution >= 0.6 is 0 Å². The predicted octanol–water partition coefficient (Wildman–Crippen LogP) is 12.7. The van der Waals surface area contributed by atoms with E-state index in [1.165, 1.54) is 193 Å². The van der Waals surface area contributed by atoms with Crippen LogP contribution in [0.1, 0.15) is 205 Å². The lowest BCUT2D eigenvalue weighted by Gasteiger charge is -2.09. The Balaban J connectivity index is 2.22. The van der Waals surface area contributed by atoms with E-state index in [2.05, 4.69) is 43.8 Å². The maximum absolute atomic E-state index is 2.53. The summed E-state index contributed by atoms with van der Waals surface area (Å²) in [5.74, 6) is 0. The van der Waals surface area contributed by atoms with E-state index in [0.29, 0.717) is 0 Å². The van der Waals surface area contributed by atoms with Crippen molar-refractivity contribution in [3.8, 4) is 0 Å². The maximum atomic E-state index is 2.53. The monoisotopic (exact) mass is 543 g/mol. The van der Waals surface area contributed by atoms with Gasteiger partial charge in [0.2, 0.25) is 0 Å². The zero-order valence-electron chi connectivity index (χ0n) is 27.4. The van der Waals surface area contributed by atoms with Gasteiger partial charge in [-0.05, 0) is 37.7 Å². The van der Waals surface area contributed by atoms with E-state index in [4.69, 9.17) is 0 Å². The van der Waals surface area contributed by atoms with E-state index >= 15 is 0 Å². The summed E-state index contributed by atoms with van der Waals surface area (Å²) in [5, 5.41) is 0. The molecule has 0 bridgehead atoms. The molecule has 1 heteroatoms. The van der Waals surface area contributed by atoms with E-state index in [-0.39, 0.29) is 0 Å². The molecule has 1 nitrogen and oxygen atoms in total.